The van der Waals surface area contributed by atoms with Gasteiger partial charge < -0.3 is 38.5 Å². The van der Waals surface area contributed by atoms with Crippen molar-refractivity contribution >= 4 is 23.5 Å². The Kier molecular flexibility index (Phi) is 19.9. The van der Waals surface area contributed by atoms with Crippen LogP contribution in [0.25, 0.3) is 0 Å². The number of nitrogens with one attached hydrogen (secondary N) is 1. The second kappa shape index (κ2) is 16.1. The molecule has 5 atom stereocenters. The molecule has 0 aliphatic carbocycles. The van der Waals surface area contributed by atoms with Crippen molar-refractivity contribution in [3.8, 4) is 0 Å². The molecule has 32 heavy (non-hydrogen) atoms. The Morgan fingerprint density at radius 2 is 1.62 bits per heavy atom. The fraction of sp³-hybridized carbons (Fsp3) is 0.556. The van der Waals surface area contributed by atoms with Gasteiger partial charge in [0.2, 0.25) is 0 Å². The molecule has 0 spiro atoms. The summed E-state index contributed by atoms with van der Waals surface area (Å²) in [6.07, 6.45) is -3.02. The zero-order valence-corrected chi connectivity index (χ0v) is 28.0. The zero-order chi connectivity index (χ0) is 21.3. The van der Waals surface area contributed by atoms with Gasteiger partial charge >= 0.3 is 124 Å². The first-order valence-corrected chi connectivity index (χ1v) is 11.4. The Labute approximate surface area is 268 Å². The molecule has 1 aromatic heterocycles. The topological polar surface area (TPSA) is 255 Å². The Morgan fingerprint density at radius 3 is 2.12 bits per heavy atom. The van der Waals surface area contributed by atoms with Crippen LogP contribution in [0.1, 0.15) is 12.6 Å². The fourth-order valence-electron chi connectivity index (χ4n) is 2.14. The smallest absolute Gasteiger partial charge is 0.790 e. The van der Waals surface area contributed by atoms with E-state index in [2.05, 4.69) is 13.1 Å². The number of rotatable bonds is 8. The number of hydrogen-bond acceptors (Lipinski definition) is 14. The first-order valence-electron chi connectivity index (χ1n) is 7.04. The summed E-state index contributed by atoms with van der Waals surface area (Å²) in [4.78, 5) is 67.6. The van der Waals surface area contributed by atoms with E-state index in [0.717, 1.165) is 16.8 Å². The van der Waals surface area contributed by atoms with Gasteiger partial charge in [0.25, 0.3) is 21.2 Å². The van der Waals surface area contributed by atoms with Gasteiger partial charge in [-0.15, -0.1) is 0 Å². The first-order chi connectivity index (χ1) is 12.7. The van der Waals surface area contributed by atoms with E-state index >= 15 is 0 Å². The van der Waals surface area contributed by atoms with Crippen LogP contribution in [0.15, 0.2) is 21.9 Å². The zero-order valence-electron chi connectivity index (χ0n) is 17.3. The number of aliphatic hydroxyl groups excluding tert-OH is 1. The van der Waals surface area contributed by atoms with Crippen LogP contribution in [-0.2, 0) is 31.6 Å². The largest absolute Gasteiger partial charge is 1.00 e. The van der Waals surface area contributed by atoms with Crippen molar-refractivity contribution in [3.05, 3.63) is 33.1 Å². The molecule has 1 aliphatic heterocycles. The van der Waals surface area contributed by atoms with Gasteiger partial charge in [-0.1, -0.05) is 0 Å². The summed E-state index contributed by atoms with van der Waals surface area (Å²) in [6.45, 7) is -0.997. The third-order valence-electron chi connectivity index (χ3n) is 3.16. The molecule has 0 saturated carbocycles. The molecule has 160 valence electrons. The van der Waals surface area contributed by atoms with Gasteiger partial charge in [0.1, 0.15) is 12.3 Å². The van der Waals surface area contributed by atoms with Crippen LogP contribution in [-0.4, -0.2) is 33.5 Å². The molecule has 1 fully saturated rings. The molecule has 1 aromatic rings. The number of ether oxygens (including phenoxy) is 1. The van der Waals surface area contributed by atoms with Gasteiger partial charge in [-0.05, 0) is 0 Å². The molecule has 1 saturated heterocycles. The average Bonchev–Trinajstić information content (AvgIpc) is 2.82. The van der Waals surface area contributed by atoms with Crippen molar-refractivity contribution in [3.63, 3.8) is 0 Å². The van der Waals surface area contributed by atoms with E-state index in [-0.39, 0.29) is 125 Å². The Morgan fingerprint density at radius 1 is 1.06 bits per heavy atom. The third-order valence-corrected chi connectivity index (χ3v) is 6.83. The molecule has 2 heterocycles. The van der Waals surface area contributed by atoms with Crippen LogP contribution < -0.4 is 149 Å². The monoisotopic (exact) mass is 556 g/mol. The van der Waals surface area contributed by atoms with Crippen molar-refractivity contribution in [2.75, 3.05) is 6.61 Å². The van der Waals surface area contributed by atoms with Crippen LogP contribution in [0.5, 0.6) is 0 Å². The molecule has 1 aliphatic rings. The standard InChI is InChI=1S/C9H15N2O14P3.4Na/c12-5-3-8(11-2-1-7(13)10-9(11)14)23-6(5)4-22-27(18,19)25-28(20,21)24-26(15,16)17;;;;/h1-2,5-6,8,12H,3-4H2,(H,18,19)(H,20,21)(H,10,13,14)(H2,15,16,17);;;;/q;4*+1/p-4/t5-,6+,8+;;;;/m1..../s1. The van der Waals surface area contributed by atoms with Crippen LogP contribution in [0.3, 0.4) is 0 Å². The predicted molar refractivity (Wildman–Crippen MR) is 76.8 cm³/mol. The predicted octanol–water partition coefficient (Wildman–Crippen LogP) is -16.0. The maximum Gasteiger partial charge on any atom is 1.00 e. The SMILES string of the molecule is O=c1ccn([C@@H]2C[C@@H](O)[C@H](COP(=O)([O-])OP(=O)([O-])OP(=O)([O-])[O-])O2)c(=O)[nH]1.[Na+].[Na+].[Na+].[Na+]. The van der Waals surface area contributed by atoms with Crippen molar-refractivity contribution in [1.82, 2.24) is 9.55 Å². The summed E-state index contributed by atoms with van der Waals surface area (Å²) in [5.41, 5.74) is -1.55. The summed E-state index contributed by atoms with van der Waals surface area (Å²) >= 11 is 0. The number of aromatic nitrogens is 2. The van der Waals surface area contributed by atoms with Crippen LogP contribution in [0, 0.1) is 0 Å². The molecule has 0 bridgehead atoms. The van der Waals surface area contributed by atoms with Crippen LogP contribution in [0.4, 0.5) is 0 Å². The minimum absolute atomic E-state index is 0. The van der Waals surface area contributed by atoms with Crippen molar-refractivity contribution in [2.24, 2.45) is 0 Å². The molecule has 23 heteroatoms. The number of nitrogens with zero attached hydrogens (tertiary/aromatic N) is 1. The molecule has 16 nitrogen and oxygen atoms in total. The number of hydrogen-bond donors (Lipinski definition) is 2. The molecule has 0 aromatic carbocycles. The molecule has 0 amide bonds. The summed E-state index contributed by atoms with van der Waals surface area (Å²) in [7, 11) is -18.0. The number of aliphatic hydroxyl groups is 1. The summed E-state index contributed by atoms with van der Waals surface area (Å²) in [5, 5.41) is 9.86. The minimum atomic E-state index is -6.11. The molecule has 2 rings (SSSR count). The quantitative estimate of drug-likeness (QED) is 0.223. The van der Waals surface area contributed by atoms with Gasteiger partial charge in [-0.25, -0.2) is 9.11 Å². The van der Waals surface area contributed by atoms with Gasteiger partial charge in [0.05, 0.1) is 20.5 Å². The number of H-pyrrole nitrogens is 1. The Balaban J connectivity index is -0.00000210. The fourth-order valence-corrected chi connectivity index (χ4v) is 5.00. The summed E-state index contributed by atoms with van der Waals surface area (Å²) < 4.78 is 49.4. The van der Waals surface area contributed by atoms with Gasteiger partial charge in [-0.3, -0.25) is 27.8 Å². The number of phosphoric acid groups is 3. The van der Waals surface area contributed by atoms with E-state index in [1.807, 2.05) is 4.98 Å². The molecule has 2 N–H and O–H groups in total. The van der Waals surface area contributed by atoms with Crippen molar-refractivity contribution < 1.29 is 174 Å². The average molecular weight is 556 g/mol. The third kappa shape index (κ3) is 13.5. The second-order valence-corrected chi connectivity index (χ2v) is 9.50. The van der Waals surface area contributed by atoms with Crippen LogP contribution in [0.2, 0.25) is 0 Å². The maximum absolute atomic E-state index is 11.7. The Bertz CT molecular complexity index is 983. The van der Waals surface area contributed by atoms with Gasteiger partial charge in [0, 0.05) is 18.7 Å². The van der Waals surface area contributed by atoms with E-state index < -0.39 is 59.8 Å². The molecular formula is C9H11N2Na4O14P3. The first kappa shape index (κ1) is 39.5. The van der Waals surface area contributed by atoms with E-state index in [1.54, 1.807) is 0 Å². The van der Waals surface area contributed by atoms with Crippen LogP contribution >= 0.6 is 23.5 Å². The number of aromatic amines is 1. The van der Waals surface area contributed by atoms with Crippen molar-refractivity contribution in [2.45, 2.75) is 24.9 Å². The summed E-state index contributed by atoms with van der Waals surface area (Å²) in [6, 6.07) is 0.997. The van der Waals surface area contributed by atoms with Crippen molar-refractivity contribution in [1.29, 1.82) is 0 Å². The van der Waals surface area contributed by atoms with E-state index in [0.29, 0.717) is 0 Å². The summed E-state index contributed by atoms with van der Waals surface area (Å²) in [5.74, 6) is 0. The molecule has 0 radical (unpaired) electrons. The van der Waals surface area contributed by atoms with E-state index in [1.165, 1.54) is 0 Å². The Hall–Kier alpha value is 3.01. The van der Waals surface area contributed by atoms with Gasteiger partial charge in [-0.2, -0.15) is 0 Å². The second-order valence-electron chi connectivity index (χ2n) is 5.25. The molecular weight excluding hydrogens is 545 g/mol. The maximum atomic E-state index is 11.7. The van der Waals surface area contributed by atoms with E-state index in [9.17, 15) is 48.0 Å². The van der Waals surface area contributed by atoms with E-state index in [4.69, 9.17) is 4.74 Å². The molecule has 2 unspecified atom stereocenters. The number of phosphoric ester groups is 1. The van der Waals surface area contributed by atoms with Gasteiger partial charge in [0.15, 0.2) is 0 Å². The normalized spacial score (nSPS) is 23.8. The minimum Gasteiger partial charge on any atom is -0.790 e.